The van der Waals surface area contributed by atoms with Crippen molar-refractivity contribution in [2.75, 3.05) is 18.1 Å². The fourth-order valence-corrected chi connectivity index (χ4v) is 3.17. The smallest absolute Gasteiger partial charge is 0.311 e. The summed E-state index contributed by atoms with van der Waals surface area (Å²) in [5.74, 6) is -2.57. The summed E-state index contributed by atoms with van der Waals surface area (Å²) in [6.07, 6.45) is -0.0492. The van der Waals surface area contributed by atoms with Crippen LogP contribution in [0.1, 0.15) is 16.8 Å². The highest BCUT2D eigenvalue weighted by Gasteiger charge is 2.37. The van der Waals surface area contributed by atoms with E-state index in [0.29, 0.717) is 10.7 Å². The Kier molecular flexibility index (Phi) is 5.77. The molecule has 0 radical (unpaired) electrons. The van der Waals surface area contributed by atoms with Crippen LogP contribution < -0.4 is 4.90 Å². The van der Waals surface area contributed by atoms with E-state index in [4.69, 9.17) is 27.9 Å². The van der Waals surface area contributed by atoms with Crippen LogP contribution in [0, 0.1) is 11.7 Å². The number of ketones is 1. The van der Waals surface area contributed by atoms with Gasteiger partial charge in [-0.25, -0.2) is 4.39 Å². The molecule has 5 nitrogen and oxygen atoms in total. The number of amides is 1. The van der Waals surface area contributed by atoms with E-state index < -0.39 is 30.1 Å². The molecule has 1 amide bonds. The number of carbonyl (C=O) groups excluding carboxylic acids is 3. The van der Waals surface area contributed by atoms with Crippen LogP contribution in [0.15, 0.2) is 42.5 Å². The first kappa shape index (κ1) is 19.3. The van der Waals surface area contributed by atoms with Crippen molar-refractivity contribution in [1.29, 1.82) is 0 Å². The summed E-state index contributed by atoms with van der Waals surface area (Å²) >= 11 is 12.1. The lowest BCUT2D eigenvalue weighted by Gasteiger charge is -2.18. The molecule has 3 rings (SSSR count). The Morgan fingerprint density at radius 3 is 2.56 bits per heavy atom. The quantitative estimate of drug-likeness (QED) is 0.554. The Labute approximate surface area is 164 Å². The van der Waals surface area contributed by atoms with Crippen molar-refractivity contribution >= 4 is 46.5 Å². The van der Waals surface area contributed by atoms with Gasteiger partial charge in [-0.2, -0.15) is 0 Å². The third kappa shape index (κ3) is 4.28. The van der Waals surface area contributed by atoms with Crippen LogP contribution in [0.25, 0.3) is 0 Å². The summed E-state index contributed by atoms with van der Waals surface area (Å²) in [6.45, 7) is -0.393. The van der Waals surface area contributed by atoms with Crippen LogP contribution >= 0.6 is 23.2 Å². The zero-order chi connectivity index (χ0) is 19.6. The van der Waals surface area contributed by atoms with Gasteiger partial charge in [0.2, 0.25) is 5.91 Å². The molecule has 1 aliphatic heterocycles. The molecule has 0 N–H and O–H groups in total. The largest absolute Gasteiger partial charge is 0.457 e. The average molecular weight is 410 g/mol. The number of Topliss-reactive ketones (excluding diaryl/α,β-unsaturated/α-hetero) is 1. The number of hydrogen-bond donors (Lipinski definition) is 0. The van der Waals surface area contributed by atoms with Gasteiger partial charge in [-0.15, -0.1) is 0 Å². The summed E-state index contributed by atoms with van der Waals surface area (Å²) in [5, 5.41) is 0.533. The number of halogens is 3. The van der Waals surface area contributed by atoms with E-state index in [9.17, 15) is 18.8 Å². The Bertz CT molecular complexity index is 901. The normalized spacial score (nSPS) is 16.5. The SMILES string of the molecule is O=C(COC(=O)[C@@H]1CC(=O)N(c2cccc(Cl)c2Cl)C1)c1ccc(F)cc1. The van der Waals surface area contributed by atoms with Crippen molar-refractivity contribution in [3.05, 3.63) is 63.9 Å². The monoisotopic (exact) mass is 409 g/mol. The van der Waals surface area contributed by atoms with Gasteiger partial charge in [0.25, 0.3) is 0 Å². The number of ether oxygens (including phenoxy) is 1. The standard InChI is InChI=1S/C19H14Cl2FNO4/c20-14-2-1-3-15(18(14)21)23-9-12(8-17(23)25)19(26)27-10-16(24)11-4-6-13(22)7-5-11/h1-7,12H,8-10H2/t12-/m1/s1. The number of esters is 1. The highest BCUT2D eigenvalue weighted by molar-refractivity contribution is 6.44. The van der Waals surface area contributed by atoms with Crippen molar-refractivity contribution in [2.24, 2.45) is 5.92 Å². The molecule has 0 aromatic heterocycles. The fraction of sp³-hybridized carbons (Fsp3) is 0.211. The summed E-state index contributed by atoms with van der Waals surface area (Å²) in [6, 6.07) is 9.82. The highest BCUT2D eigenvalue weighted by atomic mass is 35.5. The van der Waals surface area contributed by atoms with Crippen LogP contribution in [0.3, 0.4) is 0 Å². The Morgan fingerprint density at radius 2 is 1.85 bits per heavy atom. The van der Waals surface area contributed by atoms with Crippen molar-refractivity contribution in [3.8, 4) is 0 Å². The number of rotatable bonds is 5. The molecule has 2 aromatic carbocycles. The molecule has 2 aromatic rings. The maximum Gasteiger partial charge on any atom is 0.311 e. The van der Waals surface area contributed by atoms with E-state index in [1.54, 1.807) is 18.2 Å². The van der Waals surface area contributed by atoms with Crippen molar-refractivity contribution in [2.45, 2.75) is 6.42 Å². The second-order valence-electron chi connectivity index (χ2n) is 6.02. The minimum Gasteiger partial charge on any atom is -0.457 e. The van der Waals surface area contributed by atoms with Crippen LogP contribution in [0.2, 0.25) is 10.0 Å². The molecule has 8 heteroatoms. The second-order valence-corrected chi connectivity index (χ2v) is 6.80. The van der Waals surface area contributed by atoms with E-state index in [0.717, 1.165) is 12.1 Å². The molecule has 140 valence electrons. The number of nitrogens with zero attached hydrogens (tertiary/aromatic N) is 1. The first-order valence-electron chi connectivity index (χ1n) is 8.06. The lowest BCUT2D eigenvalue weighted by molar-refractivity contribution is -0.147. The first-order chi connectivity index (χ1) is 12.9. The molecule has 0 saturated carbocycles. The Hall–Kier alpha value is -2.44. The predicted octanol–water partition coefficient (Wildman–Crippen LogP) is 3.91. The second kappa shape index (κ2) is 8.06. The minimum atomic E-state index is -0.714. The Balaban J connectivity index is 1.61. The number of carbonyl (C=O) groups is 3. The summed E-state index contributed by atoms with van der Waals surface area (Å²) in [5.41, 5.74) is 0.658. The Morgan fingerprint density at radius 1 is 1.15 bits per heavy atom. The summed E-state index contributed by atoms with van der Waals surface area (Å²) in [4.78, 5) is 37.9. The molecule has 1 heterocycles. The zero-order valence-corrected chi connectivity index (χ0v) is 15.5. The van der Waals surface area contributed by atoms with Gasteiger partial charge in [-0.05, 0) is 36.4 Å². The van der Waals surface area contributed by atoms with E-state index in [1.807, 2.05) is 0 Å². The predicted molar refractivity (Wildman–Crippen MR) is 98.6 cm³/mol. The van der Waals surface area contributed by atoms with Gasteiger partial charge in [-0.1, -0.05) is 29.3 Å². The third-order valence-corrected chi connectivity index (χ3v) is 5.00. The van der Waals surface area contributed by atoms with Crippen LogP contribution in [-0.4, -0.2) is 30.8 Å². The molecule has 0 unspecified atom stereocenters. The molecule has 1 fully saturated rings. The van der Waals surface area contributed by atoms with Gasteiger partial charge in [-0.3, -0.25) is 14.4 Å². The van der Waals surface area contributed by atoms with E-state index in [-0.39, 0.29) is 29.5 Å². The van der Waals surface area contributed by atoms with Crippen LogP contribution in [0.4, 0.5) is 10.1 Å². The van der Waals surface area contributed by atoms with Gasteiger partial charge in [0.15, 0.2) is 12.4 Å². The minimum absolute atomic E-state index is 0.0492. The molecular weight excluding hydrogens is 396 g/mol. The van der Waals surface area contributed by atoms with Gasteiger partial charge >= 0.3 is 5.97 Å². The van der Waals surface area contributed by atoms with Gasteiger partial charge in [0.05, 0.1) is 21.7 Å². The van der Waals surface area contributed by atoms with Crippen LogP contribution in [-0.2, 0) is 14.3 Å². The van der Waals surface area contributed by atoms with E-state index in [2.05, 4.69) is 0 Å². The third-order valence-electron chi connectivity index (χ3n) is 4.19. The molecule has 1 saturated heterocycles. The maximum atomic E-state index is 12.9. The molecular formula is C19H14Cl2FNO4. The lowest BCUT2D eigenvalue weighted by Crippen LogP contribution is -2.27. The molecule has 0 aliphatic carbocycles. The molecule has 0 spiro atoms. The van der Waals surface area contributed by atoms with Crippen LogP contribution in [0.5, 0.6) is 0 Å². The van der Waals surface area contributed by atoms with E-state index in [1.165, 1.54) is 17.0 Å². The molecule has 1 atom stereocenters. The lowest BCUT2D eigenvalue weighted by atomic mass is 10.1. The highest BCUT2D eigenvalue weighted by Crippen LogP contribution is 2.35. The zero-order valence-electron chi connectivity index (χ0n) is 14.0. The topological polar surface area (TPSA) is 63.7 Å². The van der Waals surface area contributed by atoms with Crippen molar-refractivity contribution in [3.63, 3.8) is 0 Å². The van der Waals surface area contributed by atoms with Crippen molar-refractivity contribution < 1.29 is 23.5 Å². The first-order valence-corrected chi connectivity index (χ1v) is 8.82. The summed E-state index contributed by atoms with van der Waals surface area (Å²) < 4.78 is 17.9. The van der Waals surface area contributed by atoms with Gasteiger partial charge in [0.1, 0.15) is 5.82 Å². The maximum absolute atomic E-state index is 12.9. The number of benzene rings is 2. The van der Waals surface area contributed by atoms with Gasteiger partial charge in [0, 0.05) is 18.5 Å². The number of hydrogen-bond acceptors (Lipinski definition) is 4. The number of anilines is 1. The van der Waals surface area contributed by atoms with Gasteiger partial charge < -0.3 is 9.64 Å². The molecule has 27 heavy (non-hydrogen) atoms. The molecule has 1 aliphatic rings. The average Bonchev–Trinajstić information content (AvgIpc) is 3.04. The van der Waals surface area contributed by atoms with Crippen molar-refractivity contribution in [1.82, 2.24) is 0 Å². The fourth-order valence-electron chi connectivity index (χ4n) is 2.77. The summed E-state index contributed by atoms with van der Waals surface area (Å²) in [7, 11) is 0. The molecule has 0 bridgehead atoms. The van der Waals surface area contributed by atoms with E-state index >= 15 is 0 Å².